The van der Waals surface area contributed by atoms with Crippen molar-refractivity contribution in [2.75, 3.05) is 5.73 Å². The molecule has 1 aromatic carbocycles. The van der Waals surface area contributed by atoms with E-state index in [-0.39, 0.29) is 12.8 Å². The molecular formula is C20H16F3N3S. The Balaban J connectivity index is 1.74. The van der Waals surface area contributed by atoms with Gasteiger partial charge in [0.25, 0.3) is 0 Å². The lowest BCUT2D eigenvalue weighted by molar-refractivity contribution is -0.204. The van der Waals surface area contributed by atoms with Gasteiger partial charge in [-0.3, -0.25) is 0 Å². The highest BCUT2D eigenvalue weighted by atomic mass is 32.1. The van der Waals surface area contributed by atoms with Crippen LogP contribution in [0, 0.1) is 5.41 Å². The Morgan fingerprint density at radius 1 is 1.19 bits per heavy atom. The van der Waals surface area contributed by atoms with E-state index in [9.17, 15) is 13.2 Å². The number of thiazole rings is 1. The fourth-order valence-electron chi connectivity index (χ4n) is 3.36. The maximum absolute atomic E-state index is 14.1. The van der Waals surface area contributed by atoms with E-state index in [4.69, 9.17) is 5.73 Å². The monoisotopic (exact) mass is 387 g/mol. The number of benzene rings is 1. The van der Waals surface area contributed by atoms with Gasteiger partial charge in [0.2, 0.25) is 0 Å². The summed E-state index contributed by atoms with van der Waals surface area (Å²) in [5, 5.41) is 3.01. The number of rotatable bonds is 3. The average molecular weight is 387 g/mol. The maximum Gasteiger partial charge on any atom is 0.398 e. The first kappa shape index (κ1) is 17.7. The molecule has 3 nitrogen and oxygen atoms in total. The Hall–Kier alpha value is -2.67. The fourth-order valence-corrected chi connectivity index (χ4v) is 4.10. The Labute approximate surface area is 158 Å². The highest BCUT2D eigenvalue weighted by Gasteiger charge is 2.54. The van der Waals surface area contributed by atoms with Gasteiger partial charge in [0.1, 0.15) is 0 Å². The van der Waals surface area contributed by atoms with Crippen LogP contribution in [0.15, 0.2) is 60.1 Å². The maximum atomic E-state index is 14.1. The van der Waals surface area contributed by atoms with Crippen LogP contribution in [-0.4, -0.2) is 16.1 Å². The number of allylic oxidation sites excluding steroid dienone is 4. The fraction of sp³-hybridized carbons (Fsp3) is 0.200. The van der Waals surface area contributed by atoms with Gasteiger partial charge in [-0.05, 0) is 24.1 Å². The van der Waals surface area contributed by atoms with E-state index in [1.807, 2.05) is 18.2 Å². The number of alkyl halides is 3. The molecular weight excluding hydrogens is 371 g/mol. The van der Waals surface area contributed by atoms with E-state index < -0.39 is 11.6 Å². The number of nitrogen functional groups attached to an aromatic ring is 1. The van der Waals surface area contributed by atoms with Gasteiger partial charge in [-0.15, -0.1) is 11.3 Å². The predicted octanol–water partition coefficient (Wildman–Crippen LogP) is 5.41. The third kappa shape index (κ3) is 3.23. The Bertz CT molecular complexity index is 1040. The summed E-state index contributed by atoms with van der Waals surface area (Å²) in [4.78, 5) is 8.59. The molecule has 0 bridgehead atoms. The number of para-hydroxylation sites is 1. The smallest absolute Gasteiger partial charge is 0.397 e. The first-order valence-electron chi connectivity index (χ1n) is 8.37. The van der Waals surface area contributed by atoms with Gasteiger partial charge >= 0.3 is 6.18 Å². The molecule has 27 heavy (non-hydrogen) atoms. The van der Waals surface area contributed by atoms with Crippen molar-refractivity contribution >= 4 is 33.5 Å². The number of hydrogen-bond donors (Lipinski definition) is 1. The van der Waals surface area contributed by atoms with Crippen LogP contribution in [0.25, 0.3) is 16.5 Å². The molecule has 2 aromatic heterocycles. The van der Waals surface area contributed by atoms with E-state index in [2.05, 4.69) is 9.97 Å². The molecule has 1 unspecified atom stereocenters. The minimum absolute atomic E-state index is 0.183. The molecule has 0 radical (unpaired) electrons. The molecule has 0 saturated carbocycles. The summed E-state index contributed by atoms with van der Waals surface area (Å²) in [5.74, 6) is 0. The van der Waals surface area contributed by atoms with E-state index in [0.29, 0.717) is 27.5 Å². The molecule has 138 valence electrons. The summed E-state index contributed by atoms with van der Waals surface area (Å²) in [6.07, 6.45) is 1.17. The van der Waals surface area contributed by atoms with Crippen LogP contribution in [0.1, 0.15) is 17.1 Å². The van der Waals surface area contributed by atoms with Crippen LogP contribution >= 0.6 is 11.3 Å². The quantitative estimate of drug-likeness (QED) is 0.612. The number of nitrogens with zero attached hydrogens (tertiary/aromatic N) is 2. The SMILES string of the molecule is Nc1cccc2ccc(C3=CC=CC(Cc4nccs4)(C(F)(F)F)C3)nc12. The number of fused-ring (bicyclic) bond motifs is 1. The molecule has 0 fully saturated rings. The lowest BCUT2D eigenvalue weighted by atomic mass is 9.74. The van der Waals surface area contributed by atoms with Gasteiger partial charge < -0.3 is 5.73 Å². The molecule has 2 heterocycles. The van der Waals surface area contributed by atoms with Crippen molar-refractivity contribution in [3.8, 4) is 0 Å². The van der Waals surface area contributed by atoms with Crippen LogP contribution < -0.4 is 5.73 Å². The molecule has 1 atom stereocenters. The van der Waals surface area contributed by atoms with E-state index in [0.717, 1.165) is 5.39 Å². The van der Waals surface area contributed by atoms with Crippen molar-refractivity contribution < 1.29 is 13.2 Å². The Morgan fingerprint density at radius 3 is 2.78 bits per heavy atom. The molecule has 1 aliphatic rings. The molecule has 0 amide bonds. The van der Waals surface area contributed by atoms with Crippen LogP contribution in [0.5, 0.6) is 0 Å². The zero-order valence-electron chi connectivity index (χ0n) is 14.2. The summed E-state index contributed by atoms with van der Waals surface area (Å²) in [7, 11) is 0. The molecule has 0 spiro atoms. The summed E-state index contributed by atoms with van der Waals surface area (Å²) in [6, 6.07) is 9.02. The Morgan fingerprint density at radius 2 is 2.04 bits per heavy atom. The highest BCUT2D eigenvalue weighted by Crippen LogP contribution is 2.50. The summed E-state index contributed by atoms with van der Waals surface area (Å²) in [6.45, 7) is 0. The largest absolute Gasteiger partial charge is 0.398 e. The van der Waals surface area contributed by atoms with Crippen molar-refractivity contribution in [1.82, 2.24) is 9.97 Å². The van der Waals surface area contributed by atoms with Crippen molar-refractivity contribution in [2.45, 2.75) is 19.0 Å². The first-order chi connectivity index (χ1) is 12.9. The third-order valence-corrected chi connectivity index (χ3v) is 5.59. The molecule has 1 aliphatic carbocycles. The number of hydrogen-bond acceptors (Lipinski definition) is 4. The van der Waals surface area contributed by atoms with E-state index in [1.165, 1.54) is 29.7 Å². The van der Waals surface area contributed by atoms with Crippen molar-refractivity contribution in [3.63, 3.8) is 0 Å². The molecule has 4 rings (SSSR count). The molecule has 2 N–H and O–H groups in total. The molecule has 0 aliphatic heterocycles. The van der Waals surface area contributed by atoms with E-state index >= 15 is 0 Å². The normalized spacial score (nSPS) is 20.0. The standard InChI is InChI=1S/C20H16F3N3S/c21-20(22,23)19(12-17-25-9-10-27-17)8-2-4-14(11-19)16-7-6-13-3-1-5-15(24)18(13)26-16/h1-10H,11-12,24H2. The number of anilines is 1. The Kier molecular flexibility index (Phi) is 4.26. The van der Waals surface area contributed by atoms with Gasteiger partial charge in [-0.25, -0.2) is 9.97 Å². The van der Waals surface area contributed by atoms with Crippen molar-refractivity contribution in [1.29, 1.82) is 0 Å². The van der Waals surface area contributed by atoms with Crippen LogP contribution in [-0.2, 0) is 6.42 Å². The highest BCUT2D eigenvalue weighted by molar-refractivity contribution is 7.09. The van der Waals surface area contributed by atoms with Gasteiger partial charge in [0.05, 0.1) is 27.3 Å². The second-order valence-electron chi connectivity index (χ2n) is 6.60. The first-order valence-corrected chi connectivity index (χ1v) is 9.25. The second-order valence-corrected chi connectivity index (χ2v) is 7.58. The lowest BCUT2D eigenvalue weighted by Gasteiger charge is -2.35. The molecule has 0 saturated heterocycles. The molecule has 7 heteroatoms. The zero-order chi connectivity index (χ0) is 19.1. The molecule has 3 aromatic rings. The van der Waals surface area contributed by atoms with Crippen molar-refractivity contribution in [2.24, 2.45) is 5.41 Å². The van der Waals surface area contributed by atoms with Crippen LogP contribution in [0.2, 0.25) is 0 Å². The van der Waals surface area contributed by atoms with Gasteiger partial charge in [0.15, 0.2) is 0 Å². The van der Waals surface area contributed by atoms with Gasteiger partial charge in [-0.2, -0.15) is 13.2 Å². The number of pyridine rings is 1. The number of aromatic nitrogens is 2. The van der Waals surface area contributed by atoms with Crippen LogP contribution in [0.3, 0.4) is 0 Å². The zero-order valence-corrected chi connectivity index (χ0v) is 15.0. The van der Waals surface area contributed by atoms with E-state index in [1.54, 1.807) is 23.6 Å². The average Bonchev–Trinajstić information content (AvgIpc) is 3.14. The summed E-state index contributed by atoms with van der Waals surface area (Å²) >= 11 is 1.24. The lowest BCUT2D eigenvalue weighted by Crippen LogP contribution is -2.39. The van der Waals surface area contributed by atoms with Crippen molar-refractivity contribution in [3.05, 3.63) is 70.8 Å². The number of halogens is 3. The topological polar surface area (TPSA) is 51.8 Å². The summed E-state index contributed by atoms with van der Waals surface area (Å²) < 4.78 is 42.2. The van der Waals surface area contributed by atoms with Gasteiger partial charge in [-0.1, -0.05) is 36.4 Å². The predicted molar refractivity (Wildman–Crippen MR) is 102 cm³/mol. The minimum atomic E-state index is -4.40. The summed E-state index contributed by atoms with van der Waals surface area (Å²) in [5.41, 5.74) is 6.15. The third-order valence-electron chi connectivity index (χ3n) is 4.81. The van der Waals surface area contributed by atoms with Crippen LogP contribution in [0.4, 0.5) is 18.9 Å². The number of nitrogens with two attached hydrogens (primary N) is 1. The second kappa shape index (κ2) is 6.49. The van der Waals surface area contributed by atoms with Gasteiger partial charge in [0, 0.05) is 23.4 Å². The minimum Gasteiger partial charge on any atom is -0.397 e.